The number of sulfonamides is 1. The summed E-state index contributed by atoms with van der Waals surface area (Å²) in [6.45, 7) is 0.0452. The van der Waals surface area contributed by atoms with Crippen LogP contribution in [0.2, 0.25) is 5.02 Å². The van der Waals surface area contributed by atoms with Gasteiger partial charge >= 0.3 is 5.51 Å². The Balaban J connectivity index is 2.00. The fraction of sp³-hybridized carbons (Fsp3) is 0.350. The number of halogens is 4. The maximum Gasteiger partial charge on any atom is 0.501 e. The van der Waals surface area contributed by atoms with Crippen LogP contribution in [0.4, 0.5) is 13.2 Å². The maximum absolute atomic E-state index is 13.4. The van der Waals surface area contributed by atoms with Crippen LogP contribution in [0.15, 0.2) is 58.3 Å². The summed E-state index contributed by atoms with van der Waals surface area (Å²) in [4.78, 5) is 11.6. The highest BCUT2D eigenvalue weighted by Gasteiger charge is 2.46. The second-order valence-corrected chi connectivity index (χ2v) is 11.7. The van der Waals surface area contributed by atoms with E-state index in [9.17, 15) is 34.8 Å². The molecule has 0 bridgehead atoms. The van der Waals surface area contributed by atoms with E-state index >= 15 is 0 Å². The first kappa shape index (κ1) is 25.5. The third-order valence-electron chi connectivity index (χ3n) is 5.15. The molecular formula is C20H20ClF3N2O5S2. The Kier molecular flexibility index (Phi) is 7.42. The first-order valence-corrected chi connectivity index (χ1v) is 13.1. The molecule has 1 atom stereocenters. The molecule has 2 aromatic carbocycles. The molecule has 180 valence electrons. The molecule has 0 saturated carbocycles. The van der Waals surface area contributed by atoms with E-state index in [1.54, 1.807) is 0 Å². The number of nitrogens with one attached hydrogen (secondary N) is 1. The fourth-order valence-electron chi connectivity index (χ4n) is 3.39. The number of amides is 1. The first-order chi connectivity index (χ1) is 15.3. The first-order valence-electron chi connectivity index (χ1n) is 9.79. The summed E-state index contributed by atoms with van der Waals surface area (Å²) in [6.07, 6.45) is 1.50. The molecule has 1 N–H and O–H groups in total. The highest BCUT2D eigenvalue weighted by atomic mass is 35.5. The number of rotatable bonds is 6. The lowest BCUT2D eigenvalue weighted by Gasteiger charge is -2.29. The molecule has 1 saturated heterocycles. The van der Waals surface area contributed by atoms with Gasteiger partial charge in [0.05, 0.1) is 9.79 Å². The minimum absolute atomic E-state index is 0.111. The van der Waals surface area contributed by atoms with E-state index in [-0.39, 0.29) is 23.4 Å². The lowest BCUT2D eigenvalue weighted by Crippen LogP contribution is -2.48. The molecule has 1 fully saturated rings. The fourth-order valence-corrected chi connectivity index (χ4v) is 5.88. The van der Waals surface area contributed by atoms with Gasteiger partial charge in [0.25, 0.3) is 9.84 Å². The van der Waals surface area contributed by atoms with Gasteiger partial charge in [0, 0.05) is 18.1 Å². The second-order valence-electron chi connectivity index (χ2n) is 7.40. The number of benzene rings is 2. The SMILES string of the molecule is O=C1NCCCC[C@H]1N(Cc1ccc(S(=O)(=O)C(F)(F)F)cc1)S(=O)(=O)c1ccc(Cl)cc1. The molecule has 0 aliphatic carbocycles. The molecule has 0 radical (unpaired) electrons. The molecule has 3 rings (SSSR count). The van der Waals surface area contributed by atoms with Crippen molar-refractivity contribution in [1.29, 1.82) is 0 Å². The van der Waals surface area contributed by atoms with Crippen LogP contribution in [0, 0.1) is 0 Å². The van der Waals surface area contributed by atoms with E-state index in [1.165, 1.54) is 24.3 Å². The van der Waals surface area contributed by atoms with Gasteiger partial charge in [-0.1, -0.05) is 23.7 Å². The summed E-state index contributed by atoms with van der Waals surface area (Å²) in [5, 5.41) is 2.98. The van der Waals surface area contributed by atoms with Crippen molar-refractivity contribution in [3.8, 4) is 0 Å². The average Bonchev–Trinajstić information content (AvgIpc) is 2.96. The predicted octanol–water partition coefficient (Wildman–Crippen LogP) is 3.49. The van der Waals surface area contributed by atoms with E-state index in [0.29, 0.717) is 24.4 Å². The molecular weight excluding hydrogens is 505 g/mol. The van der Waals surface area contributed by atoms with Crippen molar-refractivity contribution in [3.63, 3.8) is 0 Å². The zero-order valence-corrected chi connectivity index (χ0v) is 19.4. The number of hydrogen-bond acceptors (Lipinski definition) is 5. The van der Waals surface area contributed by atoms with Crippen molar-refractivity contribution in [2.24, 2.45) is 0 Å². The Morgan fingerprint density at radius 3 is 2.09 bits per heavy atom. The number of carbonyl (C=O) groups excluding carboxylic acids is 1. The van der Waals surface area contributed by atoms with Crippen LogP contribution in [0.5, 0.6) is 0 Å². The third-order valence-corrected chi connectivity index (χ3v) is 8.77. The van der Waals surface area contributed by atoms with Crippen LogP contribution in [-0.2, 0) is 31.2 Å². The zero-order chi connectivity index (χ0) is 24.4. The van der Waals surface area contributed by atoms with Gasteiger partial charge in [0.15, 0.2) is 0 Å². The van der Waals surface area contributed by atoms with Crippen molar-refractivity contribution in [3.05, 3.63) is 59.1 Å². The average molecular weight is 525 g/mol. The summed E-state index contributed by atoms with van der Waals surface area (Å²) in [6, 6.07) is 8.02. The van der Waals surface area contributed by atoms with Gasteiger partial charge in [0.2, 0.25) is 15.9 Å². The highest BCUT2D eigenvalue weighted by molar-refractivity contribution is 7.92. The van der Waals surface area contributed by atoms with Gasteiger partial charge < -0.3 is 5.32 Å². The molecule has 7 nitrogen and oxygen atoms in total. The Labute approximate surface area is 194 Å². The maximum atomic E-state index is 13.4. The van der Waals surface area contributed by atoms with Crippen LogP contribution < -0.4 is 5.32 Å². The number of nitrogens with zero attached hydrogens (tertiary/aromatic N) is 1. The van der Waals surface area contributed by atoms with E-state index in [4.69, 9.17) is 11.6 Å². The van der Waals surface area contributed by atoms with Crippen molar-refractivity contribution in [2.75, 3.05) is 6.54 Å². The molecule has 13 heteroatoms. The molecule has 0 aromatic heterocycles. The van der Waals surface area contributed by atoms with Gasteiger partial charge in [-0.3, -0.25) is 4.79 Å². The van der Waals surface area contributed by atoms with Gasteiger partial charge in [-0.15, -0.1) is 0 Å². The molecule has 0 unspecified atom stereocenters. The molecule has 1 aliphatic heterocycles. The number of carbonyl (C=O) groups is 1. The summed E-state index contributed by atoms with van der Waals surface area (Å²) in [5.41, 5.74) is -5.25. The Morgan fingerprint density at radius 1 is 0.939 bits per heavy atom. The number of alkyl halides is 3. The van der Waals surface area contributed by atoms with E-state index in [2.05, 4.69) is 5.32 Å². The van der Waals surface area contributed by atoms with Gasteiger partial charge in [0.1, 0.15) is 6.04 Å². The number of hydrogen-bond donors (Lipinski definition) is 1. The molecule has 1 heterocycles. The van der Waals surface area contributed by atoms with Gasteiger partial charge in [-0.25, -0.2) is 16.8 Å². The van der Waals surface area contributed by atoms with Crippen LogP contribution >= 0.6 is 11.6 Å². The molecule has 2 aromatic rings. The minimum atomic E-state index is -5.54. The van der Waals surface area contributed by atoms with Gasteiger partial charge in [-0.2, -0.15) is 17.5 Å². The summed E-state index contributed by atoms with van der Waals surface area (Å²) >= 11 is 5.85. The monoisotopic (exact) mass is 524 g/mol. The largest absolute Gasteiger partial charge is 0.501 e. The lowest BCUT2D eigenvalue weighted by molar-refractivity contribution is -0.124. The van der Waals surface area contributed by atoms with Crippen molar-refractivity contribution < 1.29 is 34.8 Å². The zero-order valence-electron chi connectivity index (χ0n) is 17.0. The second kappa shape index (κ2) is 9.61. The summed E-state index contributed by atoms with van der Waals surface area (Å²) in [5.74, 6) is -0.485. The number of sulfone groups is 1. The summed E-state index contributed by atoms with van der Waals surface area (Å²) in [7, 11) is -9.75. The van der Waals surface area contributed by atoms with Crippen LogP contribution in [0.25, 0.3) is 0 Å². The van der Waals surface area contributed by atoms with Gasteiger partial charge in [-0.05, 0) is 61.2 Å². The topological polar surface area (TPSA) is 101 Å². The smallest absolute Gasteiger partial charge is 0.355 e. The molecule has 1 amide bonds. The predicted molar refractivity (Wildman–Crippen MR) is 115 cm³/mol. The van der Waals surface area contributed by atoms with E-state index in [0.717, 1.165) is 28.6 Å². The standard InChI is InChI=1S/C20H20ClF3N2O5S2/c21-15-6-10-17(11-7-15)33(30,31)26(18-3-1-2-12-25-19(18)27)13-14-4-8-16(9-5-14)32(28,29)20(22,23)24/h4-11,18H,1-3,12-13H2,(H,25,27)/t18-/m1/s1. The quantitative estimate of drug-likeness (QED) is 0.623. The van der Waals surface area contributed by atoms with Crippen molar-refractivity contribution in [2.45, 2.75) is 47.1 Å². The normalized spacial score (nSPS) is 18.1. The third kappa shape index (κ3) is 5.51. The van der Waals surface area contributed by atoms with E-state index in [1.807, 2.05) is 0 Å². The lowest BCUT2D eigenvalue weighted by atomic mass is 10.1. The molecule has 33 heavy (non-hydrogen) atoms. The van der Waals surface area contributed by atoms with Crippen LogP contribution in [0.3, 0.4) is 0 Å². The Hall–Kier alpha value is -2.15. The van der Waals surface area contributed by atoms with Crippen LogP contribution in [0.1, 0.15) is 24.8 Å². The summed E-state index contributed by atoms with van der Waals surface area (Å²) < 4.78 is 89.4. The Bertz CT molecular complexity index is 1220. The highest BCUT2D eigenvalue weighted by Crippen LogP contribution is 2.31. The minimum Gasteiger partial charge on any atom is -0.355 e. The molecule has 0 spiro atoms. The van der Waals surface area contributed by atoms with Crippen molar-refractivity contribution in [1.82, 2.24) is 9.62 Å². The van der Waals surface area contributed by atoms with Crippen molar-refractivity contribution >= 4 is 37.4 Å². The van der Waals surface area contributed by atoms with E-state index < -0.39 is 42.2 Å². The molecule has 1 aliphatic rings. The Morgan fingerprint density at radius 2 is 1.52 bits per heavy atom. The van der Waals surface area contributed by atoms with Crippen LogP contribution in [-0.4, -0.2) is 45.1 Å².